The average molecular weight is 311 g/mol. The Labute approximate surface area is 120 Å². The highest BCUT2D eigenvalue weighted by Gasteiger charge is 2.15. The van der Waals surface area contributed by atoms with Crippen molar-refractivity contribution in [2.45, 2.75) is 25.8 Å². The lowest BCUT2D eigenvalue weighted by atomic mass is 10.2. The molecule has 0 aromatic heterocycles. The number of hydrogen-bond donors (Lipinski definition) is 2. The molecule has 8 heteroatoms. The van der Waals surface area contributed by atoms with Crippen molar-refractivity contribution in [1.29, 1.82) is 0 Å². The maximum atomic E-state index is 11.6. The lowest BCUT2D eigenvalue weighted by Gasteiger charge is -2.18. The highest BCUT2D eigenvalue weighted by molar-refractivity contribution is 7.98. The van der Waals surface area contributed by atoms with Gasteiger partial charge in [-0.05, 0) is 24.9 Å². The Morgan fingerprint density at radius 2 is 2.11 bits per heavy atom. The predicted molar refractivity (Wildman–Crippen MR) is 80.7 cm³/mol. The number of nitrogens with one attached hydrogen (secondary N) is 1. The van der Waals surface area contributed by atoms with Gasteiger partial charge in [-0.2, -0.15) is 11.8 Å². The van der Waals surface area contributed by atoms with E-state index < -0.39 is 16.1 Å². The molecule has 3 N–H and O–H groups in total. The van der Waals surface area contributed by atoms with Crippen LogP contribution >= 0.6 is 11.8 Å². The van der Waals surface area contributed by atoms with Gasteiger partial charge in [-0.15, -0.1) is 0 Å². The van der Waals surface area contributed by atoms with E-state index in [0.717, 1.165) is 5.75 Å². The van der Waals surface area contributed by atoms with E-state index >= 15 is 0 Å². The summed E-state index contributed by atoms with van der Waals surface area (Å²) in [6, 6.07) is -0.482. The van der Waals surface area contributed by atoms with Crippen LogP contribution in [0.2, 0.25) is 0 Å². The second kappa shape index (κ2) is 9.57. The number of amides is 1. The van der Waals surface area contributed by atoms with Crippen LogP contribution in [0.25, 0.3) is 0 Å². The Morgan fingerprint density at radius 1 is 1.47 bits per heavy atom. The molecule has 6 nitrogen and oxygen atoms in total. The van der Waals surface area contributed by atoms with Gasteiger partial charge < -0.3 is 11.1 Å². The van der Waals surface area contributed by atoms with Gasteiger partial charge in [-0.25, -0.2) is 12.7 Å². The molecule has 0 unspecified atom stereocenters. The summed E-state index contributed by atoms with van der Waals surface area (Å²) in [4.78, 5) is 11.6. The zero-order valence-corrected chi connectivity index (χ0v) is 13.5. The van der Waals surface area contributed by atoms with Crippen LogP contribution in [0, 0.1) is 0 Å². The van der Waals surface area contributed by atoms with Crippen LogP contribution in [0.5, 0.6) is 0 Å². The summed E-state index contributed by atoms with van der Waals surface area (Å²) < 4.78 is 24.0. The number of carbonyl (C=O) groups is 1. The number of thioether (sulfide) groups is 1. The molecule has 0 aliphatic carbocycles. The van der Waals surface area contributed by atoms with Gasteiger partial charge >= 0.3 is 0 Å². The first kappa shape index (κ1) is 18.7. The number of nitrogens with zero attached hydrogens (tertiary/aromatic N) is 1. The summed E-state index contributed by atoms with van der Waals surface area (Å²) in [5, 5.41) is 2.73. The fourth-order valence-corrected chi connectivity index (χ4v) is 2.95. The van der Waals surface area contributed by atoms with Crippen molar-refractivity contribution in [2.75, 3.05) is 37.9 Å². The third-order valence-corrected chi connectivity index (χ3v) is 4.70. The molecule has 114 valence electrons. The van der Waals surface area contributed by atoms with E-state index in [1.165, 1.54) is 10.6 Å². The van der Waals surface area contributed by atoms with Crippen molar-refractivity contribution in [3.05, 3.63) is 0 Å². The molecule has 1 atom stereocenters. The highest BCUT2D eigenvalue weighted by atomic mass is 32.2. The minimum absolute atomic E-state index is 0.170. The Balaban J connectivity index is 3.88. The standard InChI is InChI=1S/C11H25N3O3S2/c1-4-14(19(3,16)17)8-5-7-13-11(15)10(12)6-9-18-2/h10H,4-9,12H2,1-3H3,(H,13,15)/t10-/m0/s1. The molecule has 0 bridgehead atoms. The van der Waals surface area contributed by atoms with E-state index in [2.05, 4.69) is 5.32 Å². The van der Waals surface area contributed by atoms with Crippen LogP contribution in [0.1, 0.15) is 19.8 Å². The Kier molecular flexibility index (Phi) is 9.42. The molecular weight excluding hydrogens is 286 g/mol. The lowest BCUT2D eigenvalue weighted by Crippen LogP contribution is -2.42. The first-order valence-electron chi connectivity index (χ1n) is 6.30. The van der Waals surface area contributed by atoms with Crippen LogP contribution < -0.4 is 11.1 Å². The van der Waals surface area contributed by atoms with Crippen molar-refractivity contribution in [2.24, 2.45) is 5.73 Å². The number of sulfonamides is 1. The third kappa shape index (κ3) is 8.46. The molecular formula is C11H25N3O3S2. The summed E-state index contributed by atoms with van der Waals surface area (Å²) in [5.74, 6) is 0.683. The molecule has 0 fully saturated rings. The van der Waals surface area contributed by atoms with Crippen molar-refractivity contribution < 1.29 is 13.2 Å². The van der Waals surface area contributed by atoms with Crippen molar-refractivity contribution in [3.8, 4) is 0 Å². The minimum atomic E-state index is -3.15. The van der Waals surface area contributed by atoms with Crippen molar-refractivity contribution in [3.63, 3.8) is 0 Å². The molecule has 0 aromatic rings. The fraction of sp³-hybridized carbons (Fsp3) is 0.909. The normalized spacial score (nSPS) is 13.5. The fourth-order valence-electron chi connectivity index (χ4n) is 1.53. The van der Waals surface area contributed by atoms with E-state index in [0.29, 0.717) is 32.5 Å². The molecule has 0 saturated carbocycles. The summed E-state index contributed by atoms with van der Waals surface area (Å²) in [6.45, 7) is 3.09. The van der Waals surface area contributed by atoms with Gasteiger partial charge in [-0.3, -0.25) is 4.79 Å². The van der Waals surface area contributed by atoms with E-state index in [1.807, 2.05) is 6.26 Å². The topological polar surface area (TPSA) is 92.5 Å². The first-order chi connectivity index (χ1) is 8.82. The van der Waals surface area contributed by atoms with Crippen molar-refractivity contribution >= 4 is 27.7 Å². The maximum absolute atomic E-state index is 11.6. The lowest BCUT2D eigenvalue weighted by molar-refractivity contribution is -0.122. The van der Waals surface area contributed by atoms with Crippen LogP contribution in [-0.2, 0) is 14.8 Å². The van der Waals surface area contributed by atoms with Crippen LogP contribution in [0.3, 0.4) is 0 Å². The molecule has 0 spiro atoms. The molecule has 0 aromatic carbocycles. The summed E-state index contributed by atoms with van der Waals surface area (Å²) in [7, 11) is -3.15. The van der Waals surface area contributed by atoms with Crippen molar-refractivity contribution in [1.82, 2.24) is 9.62 Å². The van der Waals surface area contributed by atoms with E-state index in [1.54, 1.807) is 18.7 Å². The molecule has 19 heavy (non-hydrogen) atoms. The highest BCUT2D eigenvalue weighted by Crippen LogP contribution is 2.00. The monoisotopic (exact) mass is 311 g/mol. The zero-order valence-electron chi connectivity index (χ0n) is 11.9. The number of nitrogens with two attached hydrogens (primary N) is 1. The number of carbonyl (C=O) groups excluding carboxylic acids is 1. The van der Waals surface area contributed by atoms with Gasteiger partial charge in [0, 0.05) is 19.6 Å². The van der Waals surface area contributed by atoms with Crippen LogP contribution in [-0.4, -0.2) is 62.6 Å². The predicted octanol–water partition coefficient (Wildman–Crippen LogP) is -0.145. The second-order valence-electron chi connectivity index (χ2n) is 4.29. The van der Waals surface area contributed by atoms with Gasteiger partial charge in [0.25, 0.3) is 0 Å². The third-order valence-electron chi connectivity index (χ3n) is 2.67. The second-order valence-corrected chi connectivity index (χ2v) is 7.26. The summed E-state index contributed by atoms with van der Waals surface area (Å²) in [6.07, 6.45) is 4.39. The SMILES string of the molecule is CCN(CCCNC(=O)[C@@H](N)CCSC)S(C)(=O)=O. The molecule has 0 radical (unpaired) electrons. The number of rotatable bonds is 10. The molecule has 1 amide bonds. The molecule has 0 aliphatic heterocycles. The Bertz CT molecular complexity index is 360. The van der Waals surface area contributed by atoms with Gasteiger partial charge in [0.1, 0.15) is 0 Å². The molecule has 0 rings (SSSR count). The van der Waals surface area contributed by atoms with E-state index in [-0.39, 0.29) is 5.91 Å². The van der Waals surface area contributed by atoms with Crippen LogP contribution in [0.15, 0.2) is 0 Å². The van der Waals surface area contributed by atoms with Gasteiger partial charge in [0.2, 0.25) is 15.9 Å². The Hall–Kier alpha value is -0.310. The minimum Gasteiger partial charge on any atom is -0.355 e. The molecule has 0 aliphatic rings. The Morgan fingerprint density at radius 3 is 2.58 bits per heavy atom. The average Bonchev–Trinajstić information content (AvgIpc) is 2.33. The van der Waals surface area contributed by atoms with Gasteiger partial charge in [0.05, 0.1) is 12.3 Å². The zero-order chi connectivity index (χ0) is 14.9. The molecule has 0 saturated heterocycles. The maximum Gasteiger partial charge on any atom is 0.236 e. The molecule has 0 heterocycles. The quantitative estimate of drug-likeness (QED) is 0.548. The summed E-state index contributed by atoms with van der Waals surface area (Å²) >= 11 is 1.65. The smallest absolute Gasteiger partial charge is 0.236 e. The largest absolute Gasteiger partial charge is 0.355 e. The van der Waals surface area contributed by atoms with Crippen LogP contribution in [0.4, 0.5) is 0 Å². The first-order valence-corrected chi connectivity index (χ1v) is 9.54. The number of hydrogen-bond acceptors (Lipinski definition) is 5. The van der Waals surface area contributed by atoms with Gasteiger partial charge in [-0.1, -0.05) is 6.92 Å². The van der Waals surface area contributed by atoms with E-state index in [9.17, 15) is 13.2 Å². The van der Waals surface area contributed by atoms with Gasteiger partial charge in [0.15, 0.2) is 0 Å². The van der Waals surface area contributed by atoms with E-state index in [4.69, 9.17) is 5.73 Å². The summed E-state index contributed by atoms with van der Waals surface area (Å²) in [5.41, 5.74) is 5.71.